The third kappa shape index (κ3) is 2.84. The molecule has 0 aromatic carbocycles. The number of azide groups is 1. The van der Waals surface area contributed by atoms with E-state index in [-0.39, 0.29) is 0 Å². The van der Waals surface area contributed by atoms with Crippen LogP contribution in [0.5, 0.6) is 0 Å². The molecule has 0 amide bonds. The summed E-state index contributed by atoms with van der Waals surface area (Å²) < 4.78 is 0. The number of rotatable bonds is 2. The Bertz CT molecular complexity index is 130. The van der Waals surface area contributed by atoms with Gasteiger partial charge in [-0.05, 0) is 11.1 Å². The molecule has 8 heavy (non-hydrogen) atoms. The Morgan fingerprint density at radius 1 is 1.25 bits per heavy atom. The van der Waals surface area contributed by atoms with Crippen LogP contribution in [0, 0.1) is 0 Å². The lowest BCUT2D eigenvalue weighted by Crippen LogP contribution is -1.84. The van der Waals surface area contributed by atoms with Crippen LogP contribution in [-0.2, 0) is 0 Å². The van der Waals surface area contributed by atoms with Gasteiger partial charge in [0.05, 0.1) is 0 Å². The summed E-state index contributed by atoms with van der Waals surface area (Å²) >= 11 is 0. The molecule has 0 saturated heterocycles. The minimum atomic E-state index is -0.620. The van der Waals surface area contributed by atoms with Gasteiger partial charge in [-0.2, -0.15) is 0 Å². The fourth-order valence-corrected chi connectivity index (χ4v) is 0.173. The van der Waals surface area contributed by atoms with Crippen LogP contribution in [0.4, 0.5) is 0 Å². The third-order valence-electron chi connectivity index (χ3n) is 0.437. The average molecular weight is 112 g/mol. The summed E-state index contributed by atoms with van der Waals surface area (Å²) in [6.45, 7) is 1.50. The van der Waals surface area contributed by atoms with Crippen molar-refractivity contribution < 1.29 is 0 Å². The van der Waals surface area contributed by atoms with Gasteiger partial charge >= 0.3 is 0 Å². The lowest BCUT2D eigenvalue weighted by atomic mass is 10.7. The van der Waals surface area contributed by atoms with E-state index < -0.39 is 6.17 Å². The van der Waals surface area contributed by atoms with Gasteiger partial charge in [0.2, 0.25) is 0 Å². The molecule has 0 aromatic rings. The fraction of sp³-hybridized carbons (Fsp3) is 1.00. The summed E-state index contributed by atoms with van der Waals surface area (Å²) in [5.74, 6) is 0. The molecule has 42 valence electrons. The van der Waals surface area contributed by atoms with Crippen molar-refractivity contribution in [2.45, 2.75) is 13.1 Å². The molecule has 6 heteroatoms. The first-order valence-corrected chi connectivity index (χ1v) is 1.89. The summed E-state index contributed by atoms with van der Waals surface area (Å²) in [5.41, 5.74) is 15.5. The second-order valence-corrected chi connectivity index (χ2v) is 1.04. The molecule has 0 heterocycles. The average Bonchev–Trinajstić information content (AvgIpc) is 1.68. The Labute approximate surface area is 45.4 Å². The molecule has 0 unspecified atom stereocenters. The van der Waals surface area contributed by atoms with E-state index >= 15 is 0 Å². The zero-order valence-electron chi connectivity index (χ0n) is 4.26. The quantitative estimate of drug-likeness (QED) is 0.296. The van der Waals surface area contributed by atoms with Crippen molar-refractivity contribution >= 4 is 0 Å². The normalized spacial score (nSPS) is 10.6. The molecule has 0 bridgehead atoms. The first-order chi connectivity index (χ1) is 3.81. The first-order valence-electron chi connectivity index (χ1n) is 1.89. The highest BCUT2D eigenvalue weighted by Gasteiger charge is 1.86. The highest BCUT2D eigenvalue weighted by Crippen LogP contribution is 1.89. The summed E-state index contributed by atoms with van der Waals surface area (Å²) in [5, 5.41) is 6.15. The van der Waals surface area contributed by atoms with E-state index in [1.807, 2.05) is 0 Å². The van der Waals surface area contributed by atoms with Crippen LogP contribution in [0.2, 0.25) is 0 Å². The van der Waals surface area contributed by atoms with Crippen molar-refractivity contribution in [1.29, 1.82) is 0 Å². The molecule has 0 aliphatic heterocycles. The van der Waals surface area contributed by atoms with Gasteiger partial charge in [-0.3, -0.25) is 0 Å². The predicted octanol–water partition coefficient (Wildman–Crippen LogP) is 1.95. The highest BCUT2D eigenvalue weighted by molar-refractivity contribution is 4.56. The maximum Gasteiger partial charge on any atom is 0.113 e. The summed E-state index contributed by atoms with van der Waals surface area (Å²) in [4.78, 5) is 4.83. The Morgan fingerprint density at radius 3 is 1.88 bits per heavy atom. The zero-order chi connectivity index (χ0) is 6.41. The van der Waals surface area contributed by atoms with Crippen LogP contribution < -0.4 is 0 Å². The Kier molecular flexibility index (Phi) is 3.14. The molecule has 0 aliphatic rings. The number of nitrogens with zero attached hydrogens (tertiary/aromatic N) is 6. The maximum absolute atomic E-state index is 7.74. The van der Waals surface area contributed by atoms with E-state index in [9.17, 15) is 0 Å². The Morgan fingerprint density at radius 2 is 1.62 bits per heavy atom. The van der Waals surface area contributed by atoms with Crippen molar-refractivity contribution in [3.8, 4) is 0 Å². The van der Waals surface area contributed by atoms with E-state index in [1.54, 1.807) is 0 Å². The molecule has 0 spiro atoms. The van der Waals surface area contributed by atoms with Crippen LogP contribution in [0.1, 0.15) is 6.92 Å². The van der Waals surface area contributed by atoms with Crippen molar-refractivity contribution in [3.63, 3.8) is 0 Å². The van der Waals surface area contributed by atoms with Crippen molar-refractivity contribution in [1.82, 2.24) is 0 Å². The van der Waals surface area contributed by atoms with Gasteiger partial charge in [-0.1, -0.05) is 17.2 Å². The van der Waals surface area contributed by atoms with Crippen LogP contribution >= 0.6 is 0 Å². The monoisotopic (exact) mass is 112 g/mol. The Balaban J connectivity index is 3.82. The molecule has 0 radical (unpaired) electrons. The van der Waals surface area contributed by atoms with Crippen LogP contribution in [0.3, 0.4) is 0 Å². The van der Waals surface area contributed by atoms with Crippen LogP contribution in [0.25, 0.3) is 20.9 Å². The molecule has 0 fully saturated rings. The molecule has 0 rings (SSSR count). The SMILES string of the molecule is CC(N=[N+]=[N-])N=[N+]=[N-]. The van der Waals surface area contributed by atoms with E-state index in [1.165, 1.54) is 6.92 Å². The minimum Gasteiger partial charge on any atom is -0.0849 e. The van der Waals surface area contributed by atoms with Crippen molar-refractivity contribution in [2.75, 3.05) is 0 Å². The summed E-state index contributed by atoms with van der Waals surface area (Å²) in [6, 6.07) is 0. The lowest BCUT2D eigenvalue weighted by molar-refractivity contribution is 0.773. The highest BCUT2D eigenvalue weighted by atomic mass is 15.3. The van der Waals surface area contributed by atoms with Crippen molar-refractivity contribution in [2.24, 2.45) is 10.2 Å². The van der Waals surface area contributed by atoms with Gasteiger partial charge in [0.25, 0.3) is 0 Å². The molecular formula is C2H4N6. The van der Waals surface area contributed by atoms with E-state index in [0.717, 1.165) is 0 Å². The third-order valence-corrected chi connectivity index (χ3v) is 0.437. The Hall–Kier alpha value is -1.38. The first kappa shape index (κ1) is 6.62. The topological polar surface area (TPSA) is 97.5 Å². The number of hydrogen-bond acceptors (Lipinski definition) is 2. The standard InChI is InChI=1S/C2H4N6/c1-2(5-7-3)6-8-4/h2H,1H3. The molecule has 0 N–H and O–H groups in total. The largest absolute Gasteiger partial charge is 0.113 e. The van der Waals surface area contributed by atoms with Gasteiger partial charge in [-0.25, -0.2) is 0 Å². The van der Waals surface area contributed by atoms with Crippen LogP contribution in [-0.4, -0.2) is 6.17 Å². The fourth-order valence-electron chi connectivity index (χ4n) is 0.173. The second-order valence-electron chi connectivity index (χ2n) is 1.04. The van der Waals surface area contributed by atoms with Crippen LogP contribution in [0.15, 0.2) is 10.2 Å². The number of hydrogen-bond donors (Lipinski definition) is 0. The van der Waals surface area contributed by atoms with Gasteiger partial charge in [0.1, 0.15) is 6.17 Å². The molecule has 0 aromatic heterocycles. The van der Waals surface area contributed by atoms with Crippen molar-refractivity contribution in [3.05, 3.63) is 20.9 Å². The molecule has 0 atom stereocenters. The summed E-state index contributed by atoms with van der Waals surface area (Å²) in [6.07, 6.45) is -0.620. The minimum absolute atomic E-state index is 0.620. The molecule has 0 saturated carbocycles. The summed E-state index contributed by atoms with van der Waals surface area (Å²) in [7, 11) is 0. The van der Waals surface area contributed by atoms with E-state index in [4.69, 9.17) is 11.1 Å². The smallest absolute Gasteiger partial charge is 0.0849 e. The van der Waals surface area contributed by atoms with E-state index in [2.05, 4.69) is 20.1 Å². The molecule has 0 aliphatic carbocycles. The maximum atomic E-state index is 7.74. The predicted molar refractivity (Wildman–Crippen MR) is 27.8 cm³/mol. The molecular weight excluding hydrogens is 108 g/mol. The molecule has 6 nitrogen and oxygen atoms in total. The van der Waals surface area contributed by atoms with Gasteiger partial charge in [-0.15, -0.1) is 0 Å². The van der Waals surface area contributed by atoms with Gasteiger partial charge < -0.3 is 0 Å². The van der Waals surface area contributed by atoms with Gasteiger partial charge in [0, 0.05) is 9.82 Å². The van der Waals surface area contributed by atoms with E-state index in [0.29, 0.717) is 0 Å². The lowest BCUT2D eigenvalue weighted by Gasteiger charge is -1.84. The zero-order valence-corrected chi connectivity index (χ0v) is 4.26. The van der Waals surface area contributed by atoms with Gasteiger partial charge in [0.15, 0.2) is 0 Å². The second kappa shape index (κ2) is 3.80.